The second kappa shape index (κ2) is 10.4. The van der Waals surface area contributed by atoms with Gasteiger partial charge in [0.1, 0.15) is 11.2 Å². The van der Waals surface area contributed by atoms with Crippen molar-refractivity contribution in [1.82, 2.24) is 4.57 Å². The summed E-state index contributed by atoms with van der Waals surface area (Å²) < 4.78 is 9.03. The number of para-hydroxylation sites is 2. The minimum absolute atomic E-state index is 0.909. The highest BCUT2D eigenvalue weighted by molar-refractivity contribution is 6.23. The highest BCUT2D eigenvalue weighted by Gasteiger charge is 2.20. The van der Waals surface area contributed by atoms with Gasteiger partial charge in [-0.2, -0.15) is 0 Å². The molecule has 11 aromatic rings. The Bertz CT molecular complexity index is 3090. The van der Waals surface area contributed by atoms with E-state index >= 15 is 0 Å². The fraction of sp³-hybridized carbons (Fsp3) is 0. The predicted molar refractivity (Wildman–Crippen MR) is 211 cm³/mol. The molecule has 0 unspecified atom stereocenters. The van der Waals surface area contributed by atoms with Crippen molar-refractivity contribution in [1.29, 1.82) is 0 Å². The summed E-state index contributed by atoms with van der Waals surface area (Å²) in [6.45, 7) is 0. The molecule has 9 aromatic carbocycles. The lowest BCUT2D eigenvalue weighted by molar-refractivity contribution is 0.673. The molecule has 0 saturated heterocycles. The van der Waals surface area contributed by atoms with E-state index in [-0.39, 0.29) is 0 Å². The molecule has 2 nitrogen and oxygen atoms in total. The lowest BCUT2D eigenvalue weighted by Crippen LogP contribution is -1.93. The van der Waals surface area contributed by atoms with E-state index in [1.807, 2.05) is 0 Å². The molecule has 2 heterocycles. The average Bonchev–Trinajstić information content (AvgIpc) is 3.72. The smallest absolute Gasteiger partial charge is 0.143 e. The Morgan fingerprint density at radius 3 is 1.60 bits per heavy atom. The summed E-state index contributed by atoms with van der Waals surface area (Å²) in [4.78, 5) is 0. The first-order valence-electron chi connectivity index (χ1n) is 17.2. The monoisotopic (exact) mass is 635 g/mol. The van der Waals surface area contributed by atoms with Gasteiger partial charge in [-0.3, -0.25) is 0 Å². The average molecular weight is 636 g/mol. The predicted octanol–water partition coefficient (Wildman–Crippen LogP) is 13.5. The largest absolute Gasteiger partial charge is 0.455 e. The number of rotatable bonds is 3. The van der Waals surface area contributed by atoms with Crippen LogP contribution in [0.4, 0.5) is 0 Å². The van der Waals surface area contributed by atoms with E-state index < -0.39 is 0 Å². The van der Waals surface area contributed by atoms with E-state index in [1.165, 1.54) is 71.1 Å². The molecule has 0 radical (unpaired) electrons. The first-order chi connectivity index (χ1) is 24.8. The SMILES string of the molecule is c1ccc(-n2c3ccccc3c3cc(-c4c5ccccc5c(-c5ccc6c(c5)oc5c7ccccc7ccc65)c5ccccc45)ccc32)cc1. The Balaban J connectivity index is 1.17. The molecule has 2 heteroatoms. The second-order valence-electron chi connectivity index (χ2n) is 13.2. The van der Waals surface area contributed by atoms with Crippen molar-refractivity contribution in [2.75, 3.05) is 0 Å². The third-order valence-corrected chi connectivity index (χ3v) is 10.6. The van der Waals surface area contributed by atoms with Gasteiger partial charge in [0, 0.05) is 32.6 Å². The Hall–Kier alpha value is -6.64. The minimum atomic E-state index is 0.909. The van der Waals surface area contributed by atoms with E-state index in [2.05, 4.69) is 180 Å². The van der Waals surface area contributed by atoms with Crippen LogP contribution in [0.2, 0.25) is 0 Å². The van der Waals surface area contributed by atoms with Crippen LogP contribution in [0.25, 0.3) is 104 Å². The van der Waals surface area contributed by atoms with E-state index in [0.29, 0.717) is 0 Å². The number of benzene rings is 9. The van der Waals surface area contributed by atoms with Gasteiger partial charge in [0.25, 0.3) is 0 Å². The first-order valence-corrected chi connectivity index (χ1v) is 17.2. The normalized spacial score (nSPS) is 12.0. The lowest BCUT2D eigenvalue weighted by atomic mass is 9.85. The van der Waals surface area contributed by atoms with Gasteiger partial charge in [0.15, 0.2) is 0 Å². The summed E-state index contributed by atoms with van der Waals surface area (Å²) in [7, 11) is 0. The summed E-state index contributed by atoms with van der Waals surface area (Å²) in [5.41, 5.74) is 10.3. The summed E-state index contributed by atoms with van der Waals surface area (Å²) in [5.74, 6) is 0. The molecule has 0 saturated carbocycles. The molecule has 50 heavy (non-hydrogen) atoms. The Morgan fingerprint density at radius 2 is 0.880 bits per heavy atom. The van der Waals surface area contributed by atoms with Crippen LogP contribution in [0.5, 0.6) is 0 Å². The highest BCUT2D eigenvalue weighted by atomic mass is 16.3. The maximum absolute atomic E-state index is 6.65. The van der Waals surface area contributed by atoms with Gasteiger partial charge in [-0.25, -0.2) is 0 Å². The van der Waals surface area contributed by atoms with Gasteiger partial charge in [-0.05, 0) is 97.7 Å². The van der Waals surface area contributed by atoms with E-state index in [9.17, 15) is 0 Å². The van der Waals surface area contributed by atoms with Crippen molar-refractivity contribution in [3.05, 3.63) is 176 Å². The van der Waals surface area contributed by atoms with E-state index in [1.54, 1.807) is 0 Å². The standard InChI is InChI=1S/C48H29NO/c1-2-13-33(14-3-1)49-43-21-11-10-16-35(43)42-28-31(24-27-44(42)49)46-37-17-6-8-19-39(37)47(40-20-9-7-18-38(40)46)32-23-25-36-41-26-22-30-12-4-5-15-34(30)48(41)50-45(36)29-32/h1-29H. The molecule has 0 aliphatic rings. The number of fused-ring (bicyclic) bond motifs is 10. The first kappa shape index (κ1) is 27.3. The van der Waals surface area contributed by atoms with Crippen molar-refractivity contribution < 1.29 is 4.42 Å². The van der Waals surface area contributed by atoms with Gasteiger partial charge >= 0.3 is 0 Å². The topological polar surface area (TPSA) is 18.1 Å². The highest BCUT2D eigenvalue weighted by Crippen LogP contribution is 2.46. The molecule has 0 aliphatic heterocycles. The fourth-order valence-corrected chi connectivity index (χ4v) is 8.39. The van der Waals surface area contributed by atoms with Crippen LogP contribution in [0.1, 0.15) is 0 Å². The number of hydrogen-bond donors (Lipinski definition) is 0. The number of nitrogens with zero attached hydrogens (tertiary/aromatic N) is 1. The zero-order valence-corrected chi connectivity index (χ0v) is 27.1. The fourth-order valence-electron chi connectivity index (χ4n) is 8.39. The van der Waals surface area contributed by atoms with Crippen LogP contribution in [0.15, 0.2) is 180 Å². The summed E-state index contributed by atoms with van der Waals surface area (Å²) in [5, 5.41) is 12.1. The van der Waals surface area contributed by atoms with Crippen LogP contribution >= 0.6 is 0 Å². The van der Waals surface area contributed by atoms with Crippen molar-refractivity contribution in [2.24, 2.45) is 0 Å². The van der Waals surface area contributed by atoms with Gasteiger partial charge in [-0.15, -0.1) is 0 Å². The van der Waals surface area contributed by atoms with Crippen LogP contribution < -0.4 is 0 Å². The van der Waals surface area contributed by atoms with Crippen LogP contribution in [0.3, 0.4) is 0 Å². The third-order valence-electron chi connectivity index (χ3n) is 10.6. The van der Waals surface area contributed by atoms with E-state index in [0.717, 1.165) is 32.9 Å². The van der Waals surface area contributed by atoms with Crippen molar-refractivity contribution in [3.63, 3.8) is 0 Å². The maximum Gasteiger partial charge on any atom is 0.143 e. The van der Waals surface area contributed by atoms with Crippen LogP contribution in [-0.4, -0.2) is 4.57 Å². The molecule has 0 atom stereocenters. The Labute approximate surface area is 288 Å². The summed E-state index contributed by atoms with van der Waals surface area (Å²) in [6, 6.07) is 63.8. The Morgan fingerprint density at radius 1 is 0.340 bits per heavy atom. The number of aromatic nitrogens is 1. The van der Waals surface area contributed by atoms with Gasteiger partial charge in [-0.1, -0.05) is 127 Å². The quantitative estimate of drug-likeness (QED) is 0.177. The molecule has 0 aliphatic carbocycles. The third kappa shape index (κ3) is 3.85. The summed E-state index contributed by atoms with van der Waals surface area (Å²) in [6.07, 6.45) is 0. The molecule has 11 rings (SSSR count). The Kier molecular flexibility index (Phi) is 5.70. The molecule has 0 N–H and O–H groups in total. The van der Waals surface area contributed by atoms with Crippen molar-refractivity contribution in [3.8, 4) is 27.9 Å². The van der Waals surface area contributed by atoms with Gasteiger partial charge in [0.2, 0.25) is 0 Å². The molecule has 2 aromatic heterocycles. The molecule has 0 fully saturated rings. The minimum Gasteiger partial charge on any atom is -0.455 e. The second-order valence-corrected chi connectivity index (χ2v) is 13.2. The van der Waals surface area contributed by atoms with Crippen molar-refractivity contribution in [2.45, 2.75) is 0 Å². The molecule has 232 valence electrons. The molecule has 0 bridgehead atoms. The summed E-state index contributed by atoms with van der Waals surface area (Å²) >= 11 is 0. The molecular weight excluding hydrogens is 607 g/mol. The molecule has 0 amide bonds. The zero-order chi connectivity index (χ0) is 32.8. The lowest BCUT2D eigenvalue weighted by Gasteiger charge is -2.18. The van der Waals surface area contributed by atoms with Crippen LogP contribution in [0, 0.1) is 0 Å². The maximum atomic E-state index is 6.65. The van der Waals surface area contributed by atoms with Gasteiger partial charge in [0.05, 0.1) is 11.0 Å². The zero-order valence-electron chi connectivity index (χ0n) is 27.1. The number of hydrogen-bond acceptors (Lipinski definition) is 1. The van der Waals surface area contributed by atoms with E-state index in [4.69, 9.17) is 4.42 Å². The van der Waals surface area contributed by atoms with Gasteiger partial charge < -0.3 is 8.98 Å². The number of furan rings is 1. The molecule has 0 spiro atoms. The molecular formula is C48H29NO. The van der Waals surface area contributed by atoms with Crippen LogP contribution in [-0.2, 0) is 0 Å². The van der Waals surface area contributed by atoms with Crippen molar-refractivity contribution >= 4 is 76.1 Å².